The van der Waals surface area contributed by atoms with Crippen LogP contribution >= 0.6 is 0 Å². The largest absolute Gasteiger partial charge is 0.595 e. The number of hydrogen-bond donors (Lipinski definition) is 4. The van der Waals surface area contributed by atoms with E-state index in [1.807, 2.05) is 0 Å². The number of aliphatic hydroxyl groups is 1. The van der Waals surface area contributed by atoms with Crippen LogP contribution in [-0.4, -0.2) is 22.0 Å². The van der Waals surface area contributed by atoms with E-state index in [0.717, 1.165) is 0 Å². The molecule has 4 N–H and O–H groups in total. The lowest BCUT2D eigenvalue weighted by atomic mass is 10.1. The van der Waals surface area contributed by atoms with Crippen LogP contribution in [0.2, 0.25) is 0 Å². The Bertz CT molecular complexity index is 287. The van der Waals surface area contributed by atoms with Gasteiger partial charge in [-0.3, -0.25) is 0 Å². The van der Waals surface area contributed by atoms with Gasteiger partial charge < -0.3 is 15.4 Å². The number of hydrogen-bond acceptors (Lipinski definition) is 4. The van der Waals surface area contributed by atoms with E-state index in [2.05, 4.69) is 0 Å². The van der Waals surface area contributed by atoms with Gasteiger partial charge >= 0.3 is 0 Å². The molecule has 0 aliphatic carbocycles. The van der Waals surface area contributed by atoms with Crippen molar-refractivity contribution in [3.63, 3.8) is 0 Å². The number of phenols is 1. The molecule has 5 heteroatoms. The zero-order valence-corrected chi connectivity index (χ0v) is 6.90. The molecule has 0 aliphatic rings. The molecule has 0 fully saturated rings. The molecule has 0 amide bonds. The summed E-state index contributed by atoms with van der Waals surface area (Å²) in [6.45, 7) is -0.0379. The van der Waals surface area contributed by atoms with Gasteiger partial charge in [0.1, 0.15) is 0 Å². The van der Waals surface area contributed by atoms with Gasteiger partial charge in [0, 0.05) is 12.7 Å². The van der Waals surface area contributed by atoms with E-state index in [1.165, 1.54) is 12.1 Å². The highest BCUT2D eigenvalue weighted by atomic mass is 16.8. The van der Waals surface area contributed by atoms with Gasteiger partial charge in [-0.05, 0) is 18.1 Å². The summed E-state index contributed by atoms with van der Waals surface area (Å²) in [4.78, 5) is 0. The summed E-state index contributed by atoms with van der Waals surface area (Å²) in [5.41, 5.74) is 0.559. The summed E-state index contributed by atoms with van der Waals surface area (Å²) in [6.07, 6.45) is 0.389. The van der Waals surface area contributed by atoms with Crippen molar-refractivity contribution >= 4 is 5.69 Å². The molecular weight excluding hydrogens is 174 g/mol. The van der Waals surface area contributed by atoms with Gasteiger partial charge in [-0.2, -0.15) is 5.23 Å². The maximum absolute atomic E-state index is 10.6. The Morgan fingerprint density at radius 2 is 2.08 bits per heavy atom. The molecule has 0 aromatic heterocycles. The zero-order valence-electron chi connectivity index (χ0n) is 6.90. The molecule has 0 aliphatic heterocycles. The number of aromatic hydroxyl groups is 1. The minimum atomic E-state index is -1.17. The average molecular weight is 185 g/mol. The average Bonchev–Trinajstić information content (AvgIpc) is 2.08. The molecule has 5 nitrogen and oxygen atoms in total. The monoisotopic (exact) mass is 185 g/mol. The van der Waals surface area contributed by atoms with Crippen LogP contribution in [0.15, 0.2) is 18.2 Å². The Hall–Kier alpha value is -1.14. The van der Waals surface area contributed by atoms with E-state index < -0.39 is 5.23 Å². The molecular formula is C8H11NO4. The lowest BCUT2D eigenvalue weighted by molar-refractivity contribution is -0.991. The first-order valence-corrected chi connectivity index (χ1v) is 3.81. The van der Waals surface area contributed by atoms with Crippen molar-refractivity contribution in [3.05, 3.63) is 29.0 Å². The first-order valence-electron chi connectivity index (χ1n) is 3.81. The second kappa shape index (κ2) is 4.20. The topological polar surface area (TPSA) is 88.2 Å². The quantitative estimate of drug-likeness (QED) is 0.371. The molecule has 0 bridgehead atoms. The molecule has 1 aromatic carbocycles. The fourth-order valence-corrected chi connectivity index (χ4v) is 1.04. The second-order valence-electron chi connectivity index (χ2n) is 2.63. The SMILES string of the molecule is [O-][NH+](O)c1cc(CCO)ccc1O. The lowest BCUT2D eigenvalue weighted by Gasteiger charge is -2.13. The lowest BCUT2D eigenvalue weighted by Crippen LogP contribution is -2.99. The third kappa shape index (κ3) is 2.40. The molecule has 0 heterocycles. The molecule has 0 saturated carbocycles. The predicted molar refractivity (Wildman–Crippen MR) is 44.7 cm³/mol. The Morgan fingerprint density at radius 1 is 1.38 bits per heavy atom. The standard InChI is InChI=1S/C8H11NO4/c10-4-3-6-1-2-8(11)7(5-6)9(12)13/h1-2,5,9-12H,3-4H2. The predicted octanol–water partition coefficient (Wildman–Crippen LogP) is -0.670. The Morgan fingerprint density at radius 3 is 2.62 bits per heavy atom. The first kappa shape index (κ1) is 9.94. The molecule has 1 unspecified atom stereocenters. The smallest absolute Gasteiger partial charge is 0.206 e. The molecule has 1 rings (SSSR count). The maximum Gasteiger partial charge on any atom is 0.206 e. The number of aliphatic hydroxyl groups excluding tert-OH is 1. The van der Waals surface area contributed by atoms with Crippen molar-refractivity contribution in [1.29, 1.82) is 0 Å². The van der Waals surface area contributed by atoms with E-state index >= 15 is 0 Å². The minimum Gasteiger partial charge on any atom is -0.595 e. The van der Waals surface area contributed by atoms with Gasteiger partial charge in [0.15, 0.2) is 5.75 Å². The van der Waals surface area contributed by atoms with E-state index in [4.69, 9.17) is 15.4 Å². The normalized spacial score (nSPS) is 12.8. The minimum absolute atomic E-state index is 0.0379. The highest BCUT2D eigenvalue weighted by Crippen LogP contribution is 2.20. The fourth-order valence-electron chi connectivity index (χ4n) is 1.04. The number of benzene rings is 1. The van der Waals surface area contributed by atoms with Gasteiger partial charge in [-0.1, -0.05) is 6.07 Å². The maximum atomic E-state index is 10.6. The van der Waals surface area contributed by atoms with Crippen molar-refractivity contribution in [1.82, 2.24) is 0 Å². The van der Waals surface area contributed by atoms with Crippen LogP contribution in [-0.2, 0) is 6.42 Å². The van der Waals surface area contributed by atoms with Gasteiger partial charge in [-0.15, -0.1) is 0 Å². The van der Waals surface area contributed by atoms with Gasteiger partial charge in [0.2, 0.25) is 5.69 Å². The van der Waals surface area contributed by atoms with Crippen LogP contribution in [0.4, 0.5) is 5.69 Å². The number of rotatable bonds is 3. The summed E-state index contributed by atoms with van der Waals surface area (Å²) in [6, 6.07) is 4.25. The van der Waals surface area contributed by atoms with Crippen molar-refractivity contribution in [2.75, 3.05) is 6.61 Å². The van der Waals surface area contributed by atoms with Crippen molar-refractivity contribution in [2.24, 2.45) is 0 Å². The third-order valence-electron chi connectivity index (χ3n) is 1.69. The van der Waals surface area contributed by atoms with E-state index in [1.54, 1.807) is 6.07 Å². The summed E-state index contributed by atoms with van der Waals surface area (Å²) in [5.74, 6) is -0.255. The highest BCUT2D eigenvalue weighted by molar-refractivity contribution is 5.47. The molecule has 0 saturated heterocycles. The van der Waals surface area contributed by atoms with Crippen LogP contribution in [0.25, 0.3) is 0 Å². The van der Waals surface area contributed by atoms with Crippen molar-refractivity contribution in [2.45, 2.75) is 6.42 Å². The number of nitrogens with one attached hydrogen (secondary N) is 1. The van der Waals surface area contributed by atoms with E-state index in [0.29, 0.717) is 12.0 Å². The van der Waals surface area contributed by atoms with Crippen LogP contribution in [0, 0.1) is 5.21 Å². The van der Waals surface area contributed by atoms with Crippen molar-refractivity contribution < 1.29 is 20.6 Å². The van der Waals surface area contributed by atoms with Gasteiger partial charge in [-0.25, -0.2) is 5.21 Å². The Kier molecular flexibility index (Phi) is 3.21. The van der Waals surface area contributed by atoms with Crippen LogP contribution in [0.3, 0.4) is 0 Å². The number of phenolic OH excluding ortho intramolecular Hbond substituents is 1. The first-order chi connectivity index (χ1) is 6.15. The molecule has 1 aromatic rings. The van der Waals surface area contributed by atoms with Crippen molar-refractivity contribution in [3.8, 4) is 5.75 Å². The molecule has 0 spiro atoms. The summed E-state index contributed by atoms with van der Waals surface area (Å²) in [5, 5.41) is 35.8. The van der Waals surface area contributed by atoms with E-state index in [-0.39, 0.29) is 18.0 Å². The van der Waals surface area contributed by atoms with E-state index in [9.17, 15) is 5.21 Å². The summed E-state index contributed by atoms with van der Waals surface area (Å²) >= 11 is 0. The number of quaternary nitrogens is 1. The molecule has 1 atom stereocenters. The third-order valence-corrected chi connectivity index (χ3v) is 1.69. The van der Waals surface area contributed by atoms with Crippen LogP contribution < -0.4 is 5.23 Å². The fraction of sp³-hybridized carbons (Fsp3) is 0.250. The molecule has 13 heavy (non-hydrogen) atoms. The Balaban J connectivity index is 2.97. The van der Waals surface area contributed by atoms with Crippen LogP contribution in [0.1, 0.15) is 5.56 Å². The van der Waals surface area contributed by atoms with Gasteiger partial charge in [0.25, 0.3) is 0 Å². The Labute approximate surface area is 75.0 Å². The molecule has 72 valence electrons. The van der Waals surface area contributed by atoms with Gasteiger partial charge in [0.05, 0.1) is 0 Å². The molecule has 0 radical (unpaired) electrons. The second-order valence-corrected chi connectivity index (χ2v) is 2.63. The van der Waals surface area contributed by atoms with Crippen LogP contribution in [0.5, 0.6) is 5.75 Å². The summed E-state index contributed by atoms with van der Waals surface area (Å²) < 4.78 is 0. The highest BCUT2D eigenvalue weighted by Gasteiger charge is 2.08. The summed E-state index contributed by atoms with van der Waals surface area (Å²) in [7, 11) is 0. The zero-order chi connectivity index (χ0) is 9.84.